The smallest absolute Gasteiger partial charge is 0.340 e. The molecule has 1 atom stereocenters. The Balaban J connectivity index is 2.41. The standard InChI is InChI=1S/C11H11N3O3/c1-7-12-10(9(15)11(16)17)13-14(7)8-5-3-2-4-6-8/h2-6,9,15H,1H3,(H,16,17). The molecule has 17 heavy (non-hydrogen) atoms. The maximum atomic E-state index is 10.6. The number of carboxylic acid groups (broad SMARTS) is 1. The zero-order chi connectivity index (χ0) is 12.4. The van der Waals surface area contributed by atoms with Crippen molar-refractivity contribution in [3.05, 3.63) is 42.0 Å². The molecule has 6 heteroatoms. The number of aliphatic hydroxyl groups is 1. The van der Waals surface area contributed by atoms with Crippen molar-refractivity contribution in [1.29, 1.82) is 0 Å². The van der Waals surface area contributed by atoms with Crippen molar-refractivity contribution in [3.63, 3.8) is 0 Å². The Morgan fingerprint density at radius 2 is 2.00 bits per heavy atom. The molecule has 0 fully saturated rings. The van der Waals surface area contributed by atoms with Crippen molar-refractivity contribution in [2.45, 2.75) is 13.0 Å². The number of carboxylic acids is 1. The fourth-order valence-electron chi connectivity index (χ4n) is 1.45. The van der Waals surface area contributed by atoms with E-state index in [4.69, 9.17) is 5.11 Å². The van der Waals surface area contributed by atoms with Crippen LogP contribution in [-0.2, 0) is 4.79 Å². The van der Waals surface area contributed by atoms with E-state index in [0.717, 1.165) is 5.69 Å². The van der Waals surface area contributed by atoms with Gasteiger partial charge < -0.3 is 10.2 Å². The zero-order valence-corrected chi connectivity index (χ0v) is 9.11. The molecule has 0 amide bonds. The molecule has 0 spiro atoms. The minimum atomic E-state index is -1.70. The Kier molecular flexibility index (Phi) is 2.88. The van der Waals surface area contributed by atoms with Crippen molar-refractivity contribution in [1.82, 2.24) is 14.8 Å². The molecule has 2 rings (SSSR count). The quantitative estimate of drug-likeness (QED) is 0.814. The van der Waals surface area contributed by atoms with Crippen LogP contribution in [0.3, 0.4) is 0 Å². The molecule has 88 valence electrons. The van der Waals surface area contributed by atoms with Crippen molar-refractivity contribution in [2.24, 2.45) is 0 Å². The highest BCUT2D eigenvalue weighted by atomic mass is 16.4. The molecule has 0 aliphatic carbocycles. The molecule has 6 nitrogen and oxygen atoms in total. The first-order valence-electron chi connectivity index (χ1n) is 4.99. The Morgan fingerprint density at radius 3 is 2.59 bits per heavy atom. The van der Waals surface area contributed by atoms with Gasteiger partial charge in [-0.3, -0.25) is 0 Å². The third kappa shape index (κ3) is 2.16. The number of nitrogens with zero attached hydrogens (tertiary/aromatic N) is 3. The van der Waals surface area contributed by atoms with Crippen LogP contribution in [0.1, 0.15) is 17.8 Å². The molecule has 0 bridgehead atoms. The van der Waals surface area contributed by atoms with Crippen LogP contribution in [0.5, 0.6) is 0 Å². The van der Waals surface area contributed by atoms with E-state index in [1.54, 1.807) is 6.92 Å². The number of aromatic nitrogens is 3. The molecule has 1 heterocycles. The summed E-state index contributed by atoms with van der Waals surface area (Å²) in [5.41, 5.74) is 0.765. The summed E-state index contributed by atoms with van der Waals surface area (Å²) in [5, 5.41) is 22.0. The van der Waals surface area contributed by atoms with Crippen LogP contribution in [0.2, 0.25) is 0 Å². The van der Waals surface area contributed by atoms with E-state index in [1.807, 2.05) is 30.3 Å². The molecule has 0 aliphatic heterocycles. The van der Waals surface area contributed by atoms with Crippen LogP contribution in [0, 0.1) is 6.92 Å². The van der Waals surface area contributed by atoms with E-state index in [1.165, 1.54) is 4.68 Å². The maximum absolute atomic E-state index is 10.6. The van der Waals surface area contributed by atoms with E-state index in [9.17, 15) is 9.90 Å². The second-order valence-electron chi connectivity index (χ2n) is 3.51. The van der Waals surface area contributed by atoms with Gasteiger partial charge in [0.1, 0.15) is 5.82 Å². The van der Waals surface area contributed by atoms with Crippen LogP contribution in [0.25, 0.3) is 5.69 Å². The van der Waals surface area contributed by atoms with Gasteiger partial charge in [-0.1, -0.05) is 18.2 Å². The first-order valence-corrected chi connectivity index (χ1v) is 4.99. The van der Waals surface area contributed by atoms with Gasteiger partial charge in [0.25, 0.3) is 0 Å². The second kappa shape index (κ2) is 4.34. The molecule has 2 N–H and O–H groups in total. The fraction of sp³-hybridized carbons (Fsp3) is 0.182. The number of carbonyl (C=O) groups is 1. The molecule has 2 aromatic rings. The normalized spacial score (nSPS) is 12.4. The molecule has 0 saturated carbocycles. The van der Waals surface area contributed by atoms with Gasteiger partial charge in [0.05, 0.1) is 5.69 Å². The van der Waals surface area contributed by atoms with Gasteiger partial charge in [0.2, 0.25) is 6.10 Å². The number of hydrogen-bond acceptors (Lipinski definition) is 4. The lowest BCUT2D eigenvalue weighted by atomic mass is 10.3. The molecule has 0 radical (unpaired) electrons. The SMILES string of the molecule is Cc1nc(C(O)C(=O)O)nn1-c1ccccc1. The summed E-state index contributed by atoms with van der Waals surface area (Å²) in [6.07, 6.45) is -1.70. The Morgan fingerprint density at radius 1 is 1.35 bits per heavy atom. The Bertz CT molecular complexity index is 536. The van der Waals surface area contributed by atoms with E-state index < -0.39 is 12.1 Å². The van der Waals surface area contributed by atoms with Gasteiger partial charge in [0.15, 0.2) is 5.82 Å². The van der Waals surface area contributed by atoms with Crippen molar-refractivity contribution >= 4 is 5.97 Å². The van der Waals surface area contributed by atoms with E-state index in [2.05, 4.69) is 10.1 Å². The highest BCUT2D eigenvalue weighted by Gasteiger charge is 2.22. The predicted molar refractivity (Wildman–Crippen MR) is 58.7 cm³/mol. The predicted octanol–water partition coefficient (Wildman–Crippen LogP) is 0.694. The Hall–Kier alpha value is -2.21. The van der Waals surface area contributed by atoms with E-state index in [-0.39, 0.29) is 5.82 Å². The van der Waals surface area contributed by atoms with Crippen LogP contribution >= 0.6 is 0 Å². The van der Waals surface area contributed by atoms with Crippen LogP contribution in [0.15, 0.2) is 30.3 Å². The number of para-hydroxylation sites is 1. The highest BCUT2D eigenvalue weighted by molar-refractivity contribution is 5.72. The highest BCUT2D eigenvalue weighted by Crippen LogP contribution is 2.13. The Labute approximate surface area is 97.2 Å². The van der Waals surface area contributed by atoms with Crippen LogP contribution in [-0.4, -0.2) is 30.9 Å². The summed E-state index contributed by atoms with van der Waals surface area (Å²) >= 11 is 0. The second-order valence-corrected chi connectivity index (χ2v) is 3.51. The number of aliphatic hydroxyl groups excluding tert-OH is 1. The van der Waals surface area contributed by atoms with Gasteiger partial charge in [-0.2, -0.15) is 0 Å². The van der Waals surface area contributed by atoms with Crippen LogP contribution in [0.4, 0.5) is 0 Å². The summed E-state index contributed by atoms with van der Waals surface area (Å²) in [5.74, 6) is -0.958. The number of benzene rings is 1. The summed E-state index contributed by atoms with van der Waals surface area (Å²) in [6.45, 7) is 1.69. The fourth-order valence-corrected chi connectivity index (χ4v) is 1.45. The number of rotatable bonds is 3. The lowest BCUT2D eigenvalue weighted by Crippen LogP contribution is -2.12. The summed E-state index contributed by atoms with van der Waals surface area (Å²) in [7, 11) is 0. The first kappa shape index (κ1) is 11.3. The van der Waals surface area contributed by atoms with Crippen molar-refractivity contribution in [3.8, 4) is 5.69 Å². The van der Waals surface area contributed by atoms with Gasteiger partial charge >= 0.3 is 5.97 Å². The summed E-state index contributed by atoms with van der Waals surface area (Å²) < 4.78 is 1.49. The average Bonchev–Trinajstić information content (AvgIpc) is 2.71. The number of aliphatic carboxylic acids is 1. The minimum Gasteiger partial charge on any atom is -0.479 e. The minimum absolute atomic E-state index is 0.112. The molecular weight excluding hydrogens is 222 g/mol. The van der Waals surface area contributed by atoms with E-state index in [0.29, 0.717) is 5.82 Å². The van der Waals surface area contributed by atoms with Gasteiger partial charge in [-0.15, -0.1) is 5.10 Å². The lowest BCUT2D eigenvalue weighted by Gasteiger charge is -2.01. The monoisotopic (exact) mass is 233 g/mol. The third-order valence-electron chi connectivity index (χ3n) is 2.26. The van der Waals surface area contributed by atoms with Crippen molar-refractivity contribution < 1.29 is 15.0 Å². The largest absolute Gasteiger partial charge is 0.479 e. The van der Waals surface area contributed by atoms with Gasteiger partial charge in [-0.05, 0) is 19.1 Å². The third-order valence-corrected chi connectivity index (χ3v) is 2.26. The lowest BCUT2D eigenvalue weighted by molar-refractivity contribution is -0.147. The number of aryl methyl sites for hydroxylation is 1. The molecule has 1 aromatic carbocycles. The maximum Gasteiger partial charge on any atom is 0.340 e. The molecule has 0 aliphatic rings. The number of hydrogen-bond donors (Lipinski definition) is 2. The topological polar surface area (TPSA) is 88.2 Å². The summed E-state index contributed by atoms with van der Waals surface area (Å²) in [4.78, 5) is 14.5. The average molecular weight is 233 g/mol. The first-order chi connectivity index (χ1) is 8.09. The molecule has 1 aromatic heterocycles. The summed E-state index contributed by atoms with van der Waals surface area (Å²) in [6, 6.07) is 9.17. The van der Waals surface area contributed by atoms with Crippen molar-refractivity contribution in [2.75, 3.05) is 0 Å². The van der Waals surface area contributed by atoms with Crippen LogP contribution < -0.4 is 0 Å². The van der Waals surface area contributed by atoms with E-state index >= 15 is 0 Å². The molecule has 0 saturated heterocycles. The molecule has 1 unspecified atom stereocenters. The zero-order valence-electron chi connectivity index (χ0n) is 9.11. The van der Waals surface area contributed by atoms with Gasteiger partial charge in [-0.25, -0.2) is 14.5 Å². The molecular formula is C11H11N3O3. The van der Waals surface area contributed by atoms with Gasteiger partial charge in [0, 0.05) is 0 Å².